The Kier molecular flexibility index (Phi) is 4.64. The summed E-state index contributed by atoms with van der Waals surface area (Å²) in [6.07, 6.45) is 14.8. The highest BCUT2D eigenvalue weighted by Gasteiger charge is 2.74. The highest BCUT2D eigenvalue weighted by atomic mass is 32.2. The van der Waals surface area contributed by atoms with E-state index in [0.29, 0.717) is 23.2 Å². The zero-order valence-electron chi connectivity index (χ0n) is 21.9. The zero-order valence-corrected chi connectivity index (χ0v) is 22.7. The van der Waals surface area contributed by atoms with Gasteiger partial charge in [-0.05, 0) is 89.8 Å². The minimum Gasteiger partial charge on any atom is -0.461 e. The van der Waals surface area contributed by atoms with Crippen molar-refractivity contribution in [2.24, 2.45) is 50.7 Å². The molecule has 0 spiro atoms. The third-order valence-electron chi connectivity index (χ3n) is 12.3. The molecule has 2 heterocycles. The van der Waals surface area contributed by atoms with Crippen LogP contribution in [0.25, 0.3) is 0 Å². The number of carbonyl (C=O) groups is 1. The van der Waals surface area contributed by atoms with Gasteiger partial charge in [0.2, 0.25) is 0 Å². The van der Waals surface area contributed by atoms with Crippen LogP contribution in [0.5, 0.6) is 0 Å². The lowest BCUT2D eigenvalue weighted by Gasteiger charge is -2.69. The smallest absolute Gasteiger partial charge is 0.312 e. The molecule has 182 valence electrons. The third-order valence-corrected chi connectivity index (χ3v) is 14.1. The van der Waals surface area contributed by atoms with Crippen molar-refractivity contribution in [3.63, 3.8) is 0 Å². The molecule has 0 radical (unpaired) electrons. The number of rotatable bonds is 1. The second-order valence-electron chi connectivity index (χ2n) is 14.3. The van der Waals surface area contributed by atoms with E-state index in [4.69, 9.17) is 4.74 Å². The van der Waals surface area contributed by atoms with Crippen molar-refractivity contribution in [3.8, 4) is 0 Å². The quantitative estimate of drug-likeness (QED) is 0.363. The molecule has 0 aromatic carbocycles. The molecule has 2 nitrogen and oxygen atoms in total. The van der Waals surface area contributed by atoms with Gasteiger partial charge in [-0.15, -0.1) is 0 Å². The van der Waals surface area contributed by atoms with Crippen LogP contribution < -0.4 is 0 Å². The molecular weight excluding hydrogens is 424 g/mol. The maximum absolute atomic E-state index is 13.3. The van der Waals surface area contributed by atoms with E-state index in [1.165, 1.54) is 32.1 Å². The van der Waals surface area contributed by atoms with Crippen LogP contribution in [-0.4, -0.2) is 12.1 Å². The monoisotopic (exact) mass is 468 g/mol. The van der Waals surface area contributed by atoms with Crippen molar-refractivity contribution in [3.05, 3.63) is 22.0 Å². The summed E-state index contributed by atoms with van der Waals surface area (Å²) in [5.41, 5.74) is 0.782. The number of hydrogen-bond donors (Lipinski definition) is 0. The number of carbonyl (C=O) groups excluding carboxylic acids is 1. The first kappa shape index (κ1) is 22.7. The van der Waals surface area contributed by atoms with Crippen molar-refractivity contribution < 1.29 is 9.53 Å². The summed E-state index contributed by atoms with van der Waals surface area (Å²) < 4.78 is 6.28. The van der Waals surface area contributed by atoms with Gasteiger partial charge in [0.1, 0.15) is 6.10 Å². The zero-order chi connectivity index (χ0) is 23.6. The molecular formula is C30H44O2S. The van der Waals surface area contributed by atoms with Gasteiger partial charge in [-0.1, -0.05) is 72.4 Å². The Hall–Kier alpha value is -0.700. The van der Waals surface area contributed by atoms with Gasteiger partial charge >= 0.3 is 5.97 Å². The molecule has 4 fully saturated rings. The maximum Gasteiger partial charge on any atom is 0.312 e. The molecule has 6 rings (SSSR count). The van der Waals surface area contributed by atoms with E-state index in [1.54, 1.807) is 9.81 Å². The highest BCUT2D eigenvalue weighted by molar-refractivity contribution is 8.06. The van der Waals surface area contributed by atoms with Gasteiger partial charge in [0.05, 0.1) is 5.41 Å². The van der Waals surface area contributed by atoms with E-state index in [1.807, 2.05) is 0 Å². The minimum atomic E-state index is -0.178. The van der Waals surface area contributed by atoms with Crippen LogP contribution in [0.4, 0.5) is 0 Å². The van der Waals surface area contributed by atoms with Gasteiger partial charge in [0, 0.05) is 16.7 Å². The molecule has 1 saturated heterocycles. The predicted octanol–water partition coefficient (Wildman–Crippen LogP) is 8.14. The van der Waals surface area contributed by atoms with Gasteiger partial charge in [0.25, 0.3) is 0 Å². The Morgan fingerprint density at radius 2 is 1.67 bits per heavy atom. The Labute approximate surface area is 205 Å². The van der Waals surface area contributed by atoms with E-state index in [0.717, 1.165) is 25.2 Å². The predicted molar refractivity (Wildman–Crippen MR) is 136 cm³/mol. The summed E-state index contributed by atoms with van der Waals surface area (Å²) in [4.78, 5) is 16.5. The number of hydrogen-bond acceptors (Lipinski definition) is 3. The molecule has 3 saturated carbocycles. The normalized spacial score (nSPS) is 52.1. The van der Waals surface area contributed by atoms with Crippen molar-refractivity contribution in [2.45, 2.75) is 106 Å². The van der Waals surface area contributed by atoms with Crippen molar-refractivity contribution in [1.82, 2.24) is 0 Å². The van der Waals surface area contributed by atoms with Gasteiger partial charge in [-0.2, -0.15) is 0 Å². The molecule has 0 aromatic heterocycles. The molecule has 0 amide bonds. The molecule has 2 aliphatic heterocycles. The summed E-state index contributed by atoms with van der Waals surface area (Å²) in [7, 11) is 0. The molecule has 33 heavy (non-hydrogen) atoms. The lowest BCUT2D eigenvalue weighted by molar-refractivity contribution is -0.199. The van der Waals surface area contributed by atoms with E-state index in [-0.39, 0.29) is 33.7 Å². The maximum atomic E-state index is 13.3. The Morgan fingerprint density at radius 1 is 0.939 bits per heavy atom. The summed E-state index contributed by atoms with van der Waals surface area (Å²) in [5, 5.41) is 0. The van der Waals surface area contributed by atoms with Crippen LogP contribution in [0.3, 0.4) is 0 Å². The van der Waals surface area contributed by atoms with E-state index < -0.39 is 0 Å². The van der Waals surface area contributed by atoms with Gasteiger partial charge in [-0.3, -0.25) is 4.79 Å². The summed E-state index contributed by atoms with van der Waals surface area (Å²) in [6, 6.07) is 0. The van der Waals surface area contributed by atoms with Crippen molar-refractivity contribution in [2.75, 3.05) is 0 Å². The first-order chi connectivity index (χ1) is 15.4. The minimum absolute atomic E-state index is 0.111. The topological polar surface area (TPSA) is 26.3 Å². The lowest BCUT2D eigenvalue weighted by atomic mass is 9.34. The lowest BCUT2D eigenvalue weighted by Crippen LogP contribution is -2.64. The van der Waals surface area contributed by atoms with E-state index >= 15 is 0 Å². The van der Waals surface area contributed by atoms with Gasteiger partial charge in [-0.25, -0.2) is 0 Å². The van der Waals surface area contributed by atoms with E-state index in [2.05, 4.69) is 72.4 Å². The Bertz CT molecular complexity index is 960. The van der Waals surface area contributed by atoms with Crippen molar-refractivity contribution >= 4 is 17.7 Å². The average molecular weight is 469 g/mol. The number of fused-ring (bicyclic) bond motifs is 5. The fourth-order valence-corrected chi connectivity index (χ4v) is 11.3. The number of esters is 1. The SMILES string of the molecule is CC(C)C1=CC[C@@]2(C)C(=CC[C@]3(C)[C@@H]2CC[C@@H]2[C@H]4[C@H]5OC(=O)[C@@]4(CCC5(C)C)CC[C@]23C)S1. The third kappa shape index (κ3) is 2.62. The van der Waals surface area contributed by atoms with Crippen molar-refractivity contribution in [1.29, 1.82) is 0 Å². The molecule has 2 bridgehead atoms. The first-order valence-corrected chi connectivity index (χ1v) is 14.5. The molecule has 0 unspecified atom stereocenters. The largest absolute Gasteiger partial charge is 0.461 e. The fourth-order valence-electron chi connectivity index (χ4n) is 10.0. The summed E-state index contributed by atoms with van der Waals surface area (Å²) in [5.74, 6) is 2.55. The van der Waals surface area contributed by atoms with Crippen LogP contribution in [0.15, 0.2) is 22.0 Å². The molecule has 0 N–H and O–H groups in total. The number of allylic oxidation sites excluding steroid dienone is 4. The molecule has 8 atom stereocenters. The molecule has 3 heteroatoms. The first-order valence-electron chi connectivity index (χ1n) is 13.7. The standard InChI is InChI=1S/C30H44O2S/c1-18(2)20-10-12-27(5)21-9-8-19-23-24-26(3,4)14-16-30(23,25(31)32-24)17-15-28(19,6)29(21,7)13-11-22(27)33-20/h10-11,18-19,21,23-24H,8-9,12-17H2,1-7H3/t19-,21-,23+,24-,27-,28-,29-,30+/m1/s1. The summed E-state index contributed by atoms with van der Waals surface area (Å²) in [6.45, 7) is 17.2. The van der Waals surface area contributed by atoms with Crippen LogP contribution in [0.2, 0.25) is 0 Å². The average Bonchev–Trinajstić information content (AvgIpc) is 3.01. The van der Waals surface area contributed by atoms with Gasteiger partial charge < -0.3 is 4.74 Å². The number of thioether (sulfide) groups is 1. The highest BCUT2D eigenvalue weighted by Crippen LogP contribution is 2.77. The van der Waals surface area contributed by atoms with Crippen LogP contribution in [0, 0.1) is 50.7 Å². The second kappa shape index (κ2) is 6.74. The van der Waals surface area contributed by atoms with Gasteiger partial charge in [0.15, 0.2) is 0 Å². The second-order valence-corrected chi connectivity index (χ2v) is 15.4. The van der Waals surface area contributed by atoms with Crippen LogP contribution >= 0.6 is 11.8 Å². The fraction of sp³-hybridized carbons (Fsp3) is 0.833. The Balaban J connectivity index is 1.40. The Morgan fingerprint density at radius 3 is 2.39 bits per heavy atom. The van der Waals surface area contributed by atoms with Crippen LogP contribution in [0.1, 0.15) is 99.8 Å². The summed E-state index contributed by atoms with van der Waals surface area (Å²) >= 11 is 2.09. The van der Waals surface area contributed by atoms with Crippen LogP contribution in [-0.2, 0) is 9.53 Å². The number of ether oxygens (including phenoxy) is 1. The van der Waals surface area contributed by atoms with E-state index in [9.17, 15) is 4.79 Å². The molecule has 0 aromatic rings. The molecule has 6 aliphatic rings. The molecule has 4 aliphatic carbocycles.